The molecule has 2 aromatic heterocycles. The highest BCUT2D eigenvalue weighted by Crippen LogP contribution is 2.31. The number of aliphatic hydroxyl groups is 1. The van der Waals surface area contributed by atoms with Gasteiger partial charge in [-0.1, -0.05) is 18.2 Å². The first kappa shape index (κ1) is 13.6. The van der Waals surface area contributed by atoms with E-state index in [1.807, 2.05) is 53.9 Å². The maximum atomic E-state index is 10.2. The SMILES string of the molecule is COc1cccc(-c2nc3ccc(C)cn3c2C(C)O)c1. The van der Waals surface area contributed by atoms with E-state index in [4.69, 9.17) is 4.74 Å². The van der Waals surface area contributed by atoms with Gasteiger partial charge in [0.05, 0.1) is 24.6 Å². The normalized spacial score (nSPS) is 12.6. The van der Waals surface area contributed by atoms with Gasteiger partial charge in [-0.25, -0.2) is 4.98 Å². The third-order valence-corrected chi connectivity index (χ3v) is 3.54. The number of benzene rings is 1. The van der Waals surface area contributed by atoms with E-state index in [0.717, 1.165) is 33.9 Å². The number of hydrogen-bond donors (Lipinski definition) is 1. The molecule has 0 bridgehead atoms. The minimum Gasteiger partial charge on any atom is -0.497 e. The number of aliphatic hydroxyl groups excluding tert-OH is 1. The molecule has 0 aliphatic rings. The summed E-state index contributed by atoms with van der Waals surface area (Å²) in [6.45, 7) is 3.78. The molecule has 1 aromatic carbocycles. The quantitative estimate of drug-likeness (QED) is 0.801. The van der Waals surface area contributed by atoms with Crippen LogP contribution in [0.2, 0.25) is 0 Å². The second-order valence-electron chi connectivity index (χ2n) is 5.19. The number of ether oxygens (including phenoxy) is 1. The molecule has 0 spiro atoms. The first-order valence-corrected chi connectivity index (χ1v) is 6.91. The molecular weight excluding hydrogens is 264 g/mol. The lowest BCUT2D eigenvalue weighted by atomic mass is 10.1. The van der Waals surface area contributed by atoms with Gasteiger partial charge in [-0.3, -0.25) is 0 Å². The monoisotopic (exact) mass is 282 g/mol. The molecule has 1 atom stereocenters. The number of methoxy groups -OCH3 is 1. The van der Waals surface area contributed by atoms with Gasteiger partial charge < -0.3 is 14.2 Å². The van der Waals surface area contributed by atoms with Crippen molar-refractivity contribution in [2.45, 2.75) is 20.0 Å². The van der Waals surface area contributed by atoms with Crippen LogP contribution in [0.3, 0.4) is 0 Å². The van der Waals surface area contributed by atoms with Crippen molar-refractivity contribution < 1.29 is 9.84 Å². The van der Waals surface area contributed by atoms with Crippen molar-refractivity contribution in [3.63, 3.8) is 0 Å². The van der Waals surface area contributed by atoms with Gasteiger partial charge in [-0.05, 0) is 37.6 Å². The number of fused-ring (bicyclic) bond motifs is 1. The van der Waals surface area contributed by atoms with E-state index in [0.29, 0.717) is 0 Å². The fourth-order valence-corrected chi connectivity index (χ4v) is 2.55. The number of pyridine rings is 1. The summed E-state index contributed by atoms with van der Waals surface area (Å²) in [7, 11) is 1.64. The van der Waals surface area contributed by atoms with Crippen molar-refractivity contribution in [2.24, 2.45) is 0 Å². The third-order valence-electron chi connectivity index (χ3n) is 3.54. The molecule has 0 saturated heterocycles. The number of rotatable bonds is 3. The summed E-state index contributed by atoms with van der Waals surface area (Å²) in [5, 5.41) is 10.2. The second-order valence-corrected chi connectivity index (χ2v) is 5.19. The van der Waals surface area contributed by atoms with E-state index in [1.54, 1.807) is 14.0 Å². The fourth-order valence-electron chi connectivity index (χ4n) is 2.55. The van der Waals surface area contributed by atoms with Crippen LogP contribution in [0.1, 0.15) is 24.3 Å². The molecule has 3 rings (SSSR count). The Hall–Kier alpha value is -2.33. The number of imidazole rings is 1. The zero-order valence-corrected chi connectivity index (χ0v) is 12.4. The Morgan fingerprint density at radius 3 is 2.76 bits per heavy atom. The minimum atomic E-state index is -0.608. The lowest BCUT2D eigenvalue weighted by molar-refractivity contribution is 0.194. The van der Waals surface area contributed by atoms with Crippen molar-refractivity contribution in [1.82, 2.24) is 9.38 Å². The fraction of sp³-hybridized carbons (Fsp3) is 0.235. The highest BCUT2D eigenvalue weighted by Gasteiger charge is 2.18. The van der Waals surface area contributed by atoms with E-state index in [-0.39, 0.29) is 0 Å². The molecule has 4 nitrogen and oxygen atoms in total. The van der Waals surface area contributed by atoms with E-state index >= 15 is 0 Å². The number of aryl methyl sites for hydroxylation is 1. The summed E-state index contributed by atoms with van der Waals surface area (Å²) < 4.78 is 7.23. The van der Waals surface area contributed by atoms with Crippen LogP contribution in [-0.4, -0.2) is 21.6 Å². The van der Waals surface area contributed by atoms with Crippen LogP contribution in [0.15, 0.2) is 42.6 Å². The van der Waals surface area contributed by atoms with Crippen LogP contribution in [-0.2, 0) is 0 Å². The minimum absolute atomic E-state index is 0.608. The molecule has 0 aliphatic heterocycles. The van der Waals surface area contributed by atoms with Gasteiger partial charge in [0.25, 0.3) is 0 Å². The van der Waals surface area contributed by atoms with Gasteiger partial charge in [0.2, 0.25) is 0 Å². The highest BCUT2D eigenvalue weighted by molar-refractivity contribution is 5.68. The molecule has 21 heavy (non-hydrogen) atoms. The van der Waals surface area contributed by atoms with E-state index in [2.05, 4.69) is 4.98 Å². The lowest BCUT2D eigenvalue weighted by Gasteiger charge is -2.09. The Morgan fingerprint density at radius 2 is 2.05 bits per heavy atom. The van der Waals surface area contributed by atoms with Crippen LogP contribution in [0.25, 0.3) is 16.9 Å². The molecule has 0 fully saturated rings. The van der Waals surface area contributed by atoms with Gasteiger partial charge in [0.1, 0.15) is 11.4 Å². The number of hydrogen-bond acceptors (Lipinski definition) is 3. The standard InChI is InChI=1S/C17H18N2O2/c1-11-7-8-15-18-16(17(12(2)20)19(15)10-11)13-5-4-6-14(9-13)21-3/h4-10,12,20H,1-3H3. The van der Waals surface area contributed by atoms with Crippen LogP contribution < -0.4 is 4.74 Å². The molecule has 1 N–H and O–H groups in total. The zero-order valence-electron chi connectivity index (χ0n) is 12.4. The van der Waals surface area contributed by atoms with Crippen molar-refractivity contribution in [2.75, 3.05) is 7.11 Å². The summed E-state index contributed by atoms with van der Waals surface area (Å²) in [6, 6.07) is 11.7. The van der Waals surface area contributed by atoms with Gasteiger partial charge in [-0.15, -0.1) is 0 Å². The molecular formula is C17H18N2O2. The maximum Gasteiger partial charge on any atom is 0.137 e. The van der Waals surface area contributed by atoms with Gasteiger partial charge in [0, 0.05) is 11.8 Å². The molecule has 1 unspecified atom stereocenters. The summed E-state index contributed by atoms with van der Waals surface area (Å²) in [5.74, 6) is 0.775. The molecule has 3 aromatic rings. The van der Waals surface area contributed by atoms with Gasteiger partial charge >= 0.3 is 0 Å². The molecule has 4 heteroatoms. The summed E-state index contributed by atoms with van der Waals surface area (Å²) >= 11 is 0. The average Bonchev–Trinajstić information content (AvgIpc) is 2.86. The smallest absolute Gasteiger partial charge is 0.137 e. The van der Waals surface area contributed by atoms with Crippen LogP contribution in [0.4, 0.5) is 0 Å². The second kappa shape index (κ2) is 5.22. The molecule has 0 amide bonds. The van der Waals surface area contributed by atoms with Crippen molar-refractivity contribution in [3.05, 3.63) is 53.9 Å². The van der Waals surface area contributed by atoms with Gasteiger partial charge in [-0.2, -0.15) is 0 Å². The van der Waals surface area contributed by atoms with E-state index in [1.165, 1.54) is 0 Å². The van der Waals surface area contributed by atoms with Crippen LogP contribution >= 0.6 is 0 Å². The molecule has 2 heterocycles. The van der Waals surface area contributed by atoms with Crippen molar-refractivity contribution in [1.29, 1.82) is 0 Å². The zero-order chi connectivity index (χ0) is 15.0. The maximum absolute atomic E-state index is 10.2. The third kappa shape index (κ3) is 2.38. The summed E-state index contributed by atoms with van der Waals surface area (Å²) in [5.41, 5.74) is 4.47. The summed E-state index contributed by atoms with van der Waals surface area (Å²) in [6.07, 6.45) is 1.39. The van der Waals surface area contributed by atoms with E-state index < -0.39 is 6.10 Å². The summed E-state index contributed by atoms with van der Waals surface area (Å²) in [4.78, 5) is 4.67. The lowest BCUT2D eigenvalue weighted by Crippen LogP contribution is -2.00. The van der Waals surface area contributed by atoms with Crippen LogP contribution in [0.5, 0.6) is 5.75 Å². The largest absolute Gasteiger partial charge is 0.497 e. The Balaban J connectivity index is 2.28. The topological polar surface area (TPSA) is 46.8 Å². The first-order chi connectivity index (χ1) is 10.1. The Bertz CT molecular complexity index is 791. The highest BCUT2D eigenvalue weighted by atomic mass is 16.5. The van der Waals surface area contributed by atoms with Crippen molar-refractivity contribution in [3.8, 4) is 17.0 Å². The number of aromatic nitrogens is 2. The predicted molar refractivity (Wildman–Crippen MR) is 82.6 cm³/mol. The van der Waals surface area contributed by atoms with Gasteiger partial charge in [0.15, 0.2) is 0 Å². The Kier molecular flexibility index (Phi) is 3.39. The van der Waals surface area contributed by atoms with Crippen LogP contribution in [0, 0.1) is 6.92 Å². The molecule has 0 saturated carbocycles. The first-order valence-electron chi connectivity index (χ1n) is 6.91. The average molecular weight is 282 g/mol. The molecule has 0 aliphatic carbocycles. The van der Waals surface area contributed by atoms with Crippen molar-refractivity contribution >= 4 is 5.65 Å². The Labute approximate surface area is 123 Å². The Morgan fingerprint density at radius 1 is 1.24 bits per heavy atom. The van der Waals surface area contributed by atoms with E-state index in [9.17, 15) is 5.11 Å². The predicted octanol–water partition coefficient (Wildman–Crippen LogP) is 3.37. The molecule has 0 radical (unpaired) electrons. The molecule has 108 valence electrons. The number of nitrogens with zero attached hydrogens (tertiary/aromatic N) is 2.